The molecular weight excluding hydrogens is 160 g/mol. The lowest BCUT2D eigenvalue weighted by Crippen LogP contribution is -2.99. The first kappa shape index (κ1) is 8.95. The van der Waals surface area contributed by atoms with E-state index in [0.717, 1.165) is 0 Å². The molecule has 1 rings (SSSR count). The van der Waals surface area contributed by atoms with Crippen LogP contribution in [0.3, 0.4) is 0 Å². The van der Waals surface area contributed by atoms with E-state index in [1.807, 2.05) is 0 Å². The minimum Gasteiger partial charge on any atom is -0.595 e. The van der Waals surface area contributed by atoms with Gasteiger partial charge in [-0.05, 0) is 6.07 Å². The summed E-state index contributed by atoms with van der Waals surface area (Å²) in [6, 6.07) is 4.23. The standard InChI is InChI=1S/C7H10N2O3/c8-7-2-1-6(9(11)12)3-5(7)4-10/h1-3,9-11H,4,8H2. The Morgan fingerprint density at radius 3 is 2.67 bits per heavy atom. The molecule has 5 heteroatoms. The van der Waals surface area contributed by atoms with Gasteiger partial charge in [0.05, 0.1) is 6.61 Å². The zero-order valence-electron chi connectivity index (χ0n) is 6.32. The molecule has 0 spiro atoms. The third-order valence-electron chi connectivity index (χ3n) is 1.56. The van der Waals surface area contributed by atoms with E-state index >= 15 is 0 Å². The molecule has 0 aliphatic rings. The Morgan fingerprint density at radius 1 is 1.50 bits per heavy atom. The number of quaternary nitrogens is 1. The molecule has 5 N–H and O–H groups in total. The highest BCUT2D eigenvalue weighted by atomic mass is 16.8. The van der Waals surface area contributed by atoms with Crippen molar-refractivity contribution >= 4 is 11.4 Å². The minimum atomic E-state index is -1.02. The van der Waals surface area contributed by atoms with Gasteiger partial charge in [-0.25, -0.2) is 5.21 Å². The normalized spacial score (nSPS) is 12.9. The third-order valence-corrected chi connectivity index (χ3v) is 1.56. The van der Waals surface area contributed by atoms with E-state index in [1.54, 1.807) is 0 Å². The monoisotopic (exact) mass is 170 g/mol. The van der Waals surface area contributed by atoms with Crippen molar-refractivity contribution in [3.05, 3.63) is 29.0 Å². The van der Waals surface area contributed by atoms with Crippen molar-refractivity contribution in [3.8, 4) is 0 Å². The summed E-state index contributed by atoms with van der Waals surface area (Å²) >= 11 is 0. The van der Waals surface area contributed by atoms with Crippen LogP contribution in [0.2, 0.25) is 0 Å². The molecule has 0 bridgehead atoms. The molecule has 0 fully saturated rings. The lowest BCUT2D eigenvalue weighted by atomic mass is 10.2. The molecule has 0 amide bonds. The van der Waals surface area contributed by atoms with Gasteiger partial charge in [-0.3, -0.25) is 0 Å². The molecule has 0 saturated carbocycles. The number of nitrogen functional groups attached to an aromatic ring is 1. The van der Waals surface area contributed by atoms with Crippen molar-refractivity contribution in [1.29, 1.82) is 0 Å². The highest BCUT2D eigenvalue weighted by Gasteiger charge is 2.03. The molecule has 12 heavy (non-hydrogen) atoms. The van der Waals surface area contributed by atoms with Gasteiger partial charge in [0.25, 0.3) is 0 Å². The molecule has 0 saturated heterocycles. The van der Waals surface area contributed by atoms with E-state index in [2.05, 4.69) is 0 Å². The van der Waals surface area contributed by atoms with E-state index in [9.17, 15) is 5.21 Å². The second kappa shape index (κ2) is 3.51. The maximum atomic E-state index is 10.5. The van der Waals surface area contributed by atoms with E-state index in [4.69, 9.17) is 16.0 Å². The zero-order valence-corrected chi connectivity index (χ0v) is 6.32. The summed E-state index contributed by atoms with van der Waals surface area (Å²) in [6.07, 6.45) is 0. The van der Waals surface area contributed by atoms with Crippen LogP contribution in [-0.4, -0.2) is 10.3 Å². The first-order chi connectivity index (χ1) is 5.65. The van der Waals surface area contributed by atoms with E-state index in [0.29, 0.717) is 11.3 Å². The molecule has 0 aliphatic heterocycles. The lowest BCUT2D eigenvalue weighted by Gasteiger charge is -2.12. The average Bonchev–Trinajstić information content (AvgIpc) is 2.05. The summed E-state index contributed by atoms with van der Waals surface area (Å²) in [7, 11) is 0. The van der Waals surface area contributed by atoms with Gasteiger partial charge in [-0.1, -0.05) is 0 Å². The molecule has 66 valence electrons. The van der Waals surface area contributed by atoms with Crippen LogP contribution >= 0.6 is 0 Å². The molecule has 5 nitrogen and oxygen atoms in total. The first-order valence-corrected chi connectivity index (χ1v) is 3.37. The van der Waals surface area contributed by atoms with Crippen LogP contribution in [0.25, 0.3) is 0 Å². The highest BCUT2D eigenvalue weighted by molar-refractivity contribution is 5.52. The van der Waals surface area contributed by atoms with Crippen LogP contribution in [0.4, 0.5) is 11.4 Å². The summed E-state index contributed by atoms with van der Waals surface area (Å²) in [5.41, 5.74) is 6.42. The molecule has 0 heterocycles. The van der Waals surface area contributed by atoms with E-state index in [1.165, 1.54) is 18.2 Å². The number of rotatable bonds is 2. The van der Waals surface area contributed by atoms with Crippen LogP contribution in [0, 0.1) is 5.21 Å². The van der Waals surface area contributed by atoms with Gasteiger partial charge < -0.3 is 16.0 Å². The summed E-state index contributed by atoms with van der Waals surface area (Å²) in [4.78, 5) is 0. The smallest absolute Gasteiger partial charge is 0.164 e. The number of aliphatic hydroxyl groups excluding tert-OH is 1. The molecule has 1 aromatic rings. The van der Waals surface area contributed by atoms with Crippen molar-refractivity contribution in [2.45, 2.75) is 6.61 Å². The van der Waals surface area contributed by atoms with Crippen molar-refractivity contribution in [2.24, 2.45) is 0 Å². The molecular formula is C7H10N2O3. The van der Waals surface area contributed by atoms with Crippen molar-refractivity contribution in [1.82, 2.24) is 0 Å². The maximum absolute atomic E-state index is 10.5. The molecule has 1 unspecified atom stereocenters. The Kier molecular flexibility index (Phi) is 2.61. The largest absolute Gasteiger partial charge is 0.595 e. The predicted octanol–water partition coefficient (Wildman–Crippen LogP) is -0.836. The van der Waals surface area contributed by atoms with Gasteiger partial charge in [0.15, 0.2) is 5.69 Å². The Morgan fingerprint density at radius 2 is 2.17 bits per heavy atom. The van der Waals surface area contributed by atoms with Crippen molar-refractivity contribution in [2.75, 3.05) is 5.73 Å². The van der Waals surface area contributed by atoms with Gasteiger partial charge >= 0.3 is 0 Å². The summed E-state index contributed by atoms with van der Waals surface area (Å²) in [5, 5.41) is 26.8. The topological polar surface area (TPSA) is 94.0 Å². The van der Waals surface area contributed by atoms with Gasteiger partial charge in [-0.2, -0.15) is 5.23 Å². The third kappa shape index (κ3) is 1.72. The number of hydrogen-bond donors (Lipinski definition) is 4. The Balaban J connectivity index is 3.05. The quantitative estimate of drug-likeness (QED) is 0.344. The van der Waals surface area contributed by atoms with Gasteiger partial charge in [0.1, 0.15) is 0 Å². The van der Waals surface area contributed by atoms with Crippen LogP contribution in [0.5, 0.6) is 0 Å². The Hall–Kier alpha value is -1.14. The fourth-order valence-corrected chi connectivity index (χ4v) is 0.876. The fraction of sp³-hybridized carbons (Fsp3) is 0.143. The number of anilines is 1. The second-order valence-electron chi connectivity index (χ2n) is 2.38. The SMILES string of the molecule is Nc1ccc([NH+]([O-])O)cc1CO. The van der Waals surface area contributed by atoms with Crippen molar-refractivity contribution < 1.29 is 15.5 Å². The van der Waals surface area contributed by atoms with Crippen LogP contribution in [0.15, 0.2) is 18.2 Å². The predicted molar refractivity (Wildman–Crippen MR) is 42.6 cm³/mol. The maximum Gasteiger partial charge on any atom is 0.164 e. The first-order valence-electron chi connectivity index (χ1n) is 3.37. The number of hydrogen-bond acceptors (Lipinski definition) is 4. The van der Waals surface area contributed by atoms with Crippen LogP contribution in [-0.2, 0) is 6.61 Å². The molecule has 1 atom stereocenters. The van der Waals surface area contributed by atoms with Gasteiger partial charge in [-0.15, -0.1) is 0 Å². The Bertz CT molecular complexity index is 275. The summed E-state index contributed by atoms with van der Waals surface area (Å²) in [5.74, 6) is 0. The minimum absolute atomic E-state index is 0.133. The lowest BCUT2D eigenvalue weighted by molar-refractivity contribution is -0.991. The number of nitrogens with two attached hydrogens (primary N) is 1. The Labute approximate surface area is 69.2 Å². The van der Waals surface area contributed by atoms with Gasteiger partial charge in [0.2, 0.25) is 0 Å². The number of nitrogens with one attached hydrogen (secondary N) is 1. The summed E-state index contributed by atoms with van der Waals surface area (Å²) in [6.45, 7) is -0.243. The second-order valence-corrected chi connectivity index (χ2v) is 2.38. The van der Waals surface area contributed by atoms with Crippen LogP contribution in [0.1, 0.15) is 5.56 Å². The molecule has 0 radical (unpaired) electrons. The molecule has 0 aliphatic carbocycles. The van der Waals surface area contributed by atoms with E-state index < -0.39 is 5.23 Å². The van der Waals surface area contributed by atoms with Gasteiger partial charge in [0, 0.05) is 23.4 Å². The number of benzene rings is 1. The zero-order chi connectivity index (χ0) is 9.14. The highest BCUT2D eigenvalue weighted by Crippen LogP contribution is 2.14. The molecule has 1 aromatic carbocycles. The fourth-order valence-electron chi connectivity index (χ4n) is 0.876. The molecule has 0 aromatic heterocycles. The number of aliphatic hydroxyl groups is 1. The summed E-state index contributed by atoms with van der Waals surface area (Å²) < 4.78 is 0. The average molecular weight is 170 g/mol. The van der Waals surface area contributed by atoms with Crippen LogP contribution < -0.4 is 11.0 Å². The van der Waals surface area contributed by atoms with E-state index in [-0.39, 0.29) is 12.3 Å². The van der Waals surface area contributed by atoms with Crippen molar-refractivity contribution in [3.63, 3.8) is 0 Å².